The van der Waals surface area contributed by atoms with Crippen LogP contribution >= 0.6 is 0 Å². The smallest absolute Gasteiger partial charge is 0.316 e. The molecule has 0 aromatic heterocycles. The summed E-state index contributed by atoms with van der Waals surface area (Å²) in [6, 6.07) is 5.91. The summed E-state index contributed by atoms with van der Waals surface area (Å²) >= 11 is 0. The van der Waals surface area contributed by atoms with Crippen LogP contribution in [-0.2, 0) is 0 Å². The van der Waals surface area contributed by atoms with E-state index in [0.29, 0.717) is 17.8 Å². The molecule has 1 aromatic carbocycles. The van der Waals surface area contributed by atoms with E-state index in [4.69, 9.17) is 5.73 Å². The summed E-state index contributed by atoms with van der Waals surface area (Å²) in [4.78, 5) is 22.1. The number of amides is 3. The van der Waals surface area contributed by atoms with Gasteiger partial charge in [0, 0.05) is 17.8 Å². The minimum atomic E-state index is -0.622. The average Bonchev–Trinajstić information content (AvgIpc) is 2.26. The fourth-order valence-electron chi connectivity index (χ4n) is 1.19. The van der Waals surface area contributed by atoms with Crippen LogP contribution in [-0.4, -0.2) is 18.5 Å². The number of hydrogen-bond donors (Lipinski definition) is 3. The van der Waals surface area contributed by atoms with E-state index in [9.17, 15) is 9.59 Å². The van der Waals surface area contributed by atoms with E-state index in [2.05, 4.69) is 10.6 Å². The van der Waals surface area contributed by atoms with Gasteiger partial charge in [0.1, 0.15) is 0 Å². The molecule has 4 N–H and O–H groups in total. The van der Waals surface area contributed by atoms with E-state index < -0.39 is 6.03 Å². The van der Waals surface area contributed by atoms with Gasteiger partial charge in [-0.15, -0.1) is 0 Å². The van der Waals surface area contributed by atoms with E-state index in [-0.39, 0.29) is 5.91 Å². The van der Waals surface area contributed by atoms with Gasteiger partial charge in [0.05, 0.1) is 0 Å². The molecule has 0 radical (unpaired) electrons. The van der Waals surface area contributed by atoms with Gasteiger partial charge < -0.3 is 16.4 Å². The van der Waals surface area contributed by atoms with Crippen molar-refractivity contribution in [3.63, 3.8) is 0 Å². The van der Waals surface area contributed by atoms with Crippen LogP contribution in [0.5, 0.6) is 0 Å². The molecule has 1 rings (SSSR count). The fourth-order valence-corrected chi connectivity index (χ4v) is 1.19. The summed E-state index contributed by atoms with van der Waals surface area (Å²) in [6.07, 6.45) is 0.896. The molecular weight excluding hydrogens is 206 g/mol. The molecule has 0 aliphatic carbocycles. The van der Waals surface area contributed by atoms with Gasteiger partial charge >= 0.3 is 6.03 Å². The third kappa shape index (κ3) is 3.61. The van der Waals surface area contributed by atoms with Crippen LogP contribution in [0.4, 0.5) is 10.5 Å². The number of benzene rings is 1. The molecule has 86 valence electrons. The second kappa shape index (κ2) is 5.75. The zero-order chi connectivity index (χ0) is 12.0. The van der Waals surface area contributed by atoms with Crippen molar-refractivity contribution in [1.82, 2.24) is 5.32 Å². The lowest BCUT2D eigenvalue weighted by Crippen LogP contribution is -2.24. The summed E-state index contributed by atoms with van der Waals surface area (Å²) < 4.78 is 0. The summed E-state index contributed by atoms with van der Waals surface area (Å²) in [6.45, 7) is 2.64. The Hall–Kier alpha value is -2.04. The van der Waals surface area contributed by atoms with Crippen molar-refractivity contribution in [2.75, 3.05) is 11.9 Å². The molecular formula is C11H15N3O2. The summed E-state index contributed by atoms with van der Waals surface area (Å²) in [5, 5.41) is 5.18. The molecule has 0 spiro atoms. The number of carbonyl (C=O) groups is 2. The topological polar surface area (TPSA) is 84.2 Å². The molecule has 0 aliphatic rings. The Morgan fingerprint density at radius 1 is 1.25 bits per heavy atom. The molecule has 16 heavy (non-hydrogen) atoms. The van der Waals surface area contributed by atoms with Gasteiger partial charge in [-0.1, -0.05) is 6.92 Å². The van der Waals surface area contributed by atoms with Gasteiger partial charge in [-0.25, -0.2) is 4.79 Å². The Labute approximate surface area is 94.0 Å². The Bertz CT molecular complexity index is 373. The highest BCUT2D eigenvalue weighted by atomic mass is 16.2. The number of nitrogens with one attached hydrogen (secondary N) is 2. The molecule has 3 amide bonds. The lowest BCUT2D eigenvalue weighted by Gasteiger charge is -2.05. The second-order valence-electron chi connectivity index (χ2n) is 3.32. The highest BCUT2D eigenvalue weighted by Gasteiger charge is 2.04. The maximum Gasteiger partial charge on any atom is 0.316 e. The number of primary amides is 1. The normalized spacial score (nSPS) is 9.56. The molecule has 0 unspecified atom stereocenters. The third-order valence-corrected chi connectivity index (χ3v) is 1.95. The Morgan fingerprint density at radius 3 is 2.38 bits per heavy atom. The predicted molar refractivity (Wildman–Crippen MR) is 62.3 cm³/mol. The van der Waals surface area contributed by atoms with E-state index >= 15 is 0 Å². The minimum Gasteiger partial charge on any atom is -0.352 e. The zero-order valence-corrected chi connectivity index (χ0v) is 9.12. The summed E-state index contributed by atoms with van der Waals surface area (Å²) in [7, 11) is 0. The van der Waals surface area contributed by atoms with Crippen molar-refractivity contribution in [3.05, 3.63) is 29.8 Å². The standard InChI is InChI=1S/C11H15N3O2/c1-2-7-13-10(15)8-3-5-9(6-4-8)14-11(12)16/h3-6H,2,7H2,1H3,(H,13,15)(H3,12,14,16). The third-order valence-electron chi connectivity index (χ3n) is 1.95. The summed E-state index contributed by atoms with van der Waals surface area (Å²) in [5.41, 5.74) is 6.09. The van der Waals surface area contributed by atoms with Crippen molar-refractivity contribution >= 4 is 17.6 Å². The van der Waals surface area contributed by atoms with Gasteiger partial charge in [-0.3, -0.25) is 4.79 Å². The van der Waals surface area contributed by atoms with Crippen molar-refractivity contribution in [2.24, 2.45) is 5.73 Å². The monoisotopic (exact) mass is 221 g/mol. The number of hydrogen-bond acceptors (Lipinski definition) is 2. The first-order chi connectivity index (χ1) is 7.63. The lowest BCUT2D eigenvalue weighted by molar-refractivity contribution is 0.0953. The maximum atomic E-state index is 11.5. The van der Waals surface area contributed by atoms with E-state index in [1.54, 1.807) is 24.3 Å². The van der Waals surface area contributed by atoms with E-state index in [1.165, 1.54) is 0 Å². The number of anilines is 1. The minimum absolute atomic E-state index is 0.118. The predicted octanol–water partition coefficient (Wildman–Crippen LogP) is 1.32. The number of carbonyl (C=O) groups excluding carboxylic acids is 2. The Kier molecular flexibility index (Phi) is 4.32. The largest absolute Gasteiger partial charge is 0.352 e. The van der Waals surface area contributed by atoms with Crippen LogP contribution in [0.2, 0.25) is 0 Å². The lowest BCUT2D eigenvalue weighted by atomic mass is 10.2. The van der Waals surface area contributed by atoms with Gasteiger partial charge in [0.25, 0.3) is 5.91 Å². The van der Waals surface area contributed by atoms with Crippen LogP contribution < -0.4 is 16.4 Å². The Morgan fingerprint density at radius 2 is 1.88 bits per heavy atom. The second-order valence-corrected chi connectivity index (χ2v) is 3.32. The van der Waals surface area contributed by atoms with Crippen LogP contribution in [0.1, 0.15) is 23.7 Å². The molecule has 0 heterocycles. The maximum absolute atomic E-state index is 11.5. The van der Waals surface area contributed by atoms with Crippen LogP contribution in [0.3, 0.4) is 0 Å². The molecule has 0 atom stereocenters. The number of rotatable bonds is 4. The van der Waals surface area contributed by atoms with Gasteiger partial charge in [-0.2, -0.15) is 0 Å². The first-order valence-corrected chi connectivity index (χ1v) is 5.08. The molecule has 5 nitrogen and oxygen atoms in total. The zero-order valence-electron chi connectivity index (χ0n) is 9.12. The molecule has 0 bridgehead atoms. The molecule has 0 saturated heterocycles. The van der Waals surface area contributed by atoms with Gasteiger partial charge in [0.2, 0.25) is 0 Å². The molecule has 1 aromatic rings. The molecule has 5 heteroatoms. The van der Waals surface area contributed by atoms with Crippen molar-refractivity contribution in [1.29, 1.82) is 0 Å². The van der Waals surface area contributed by atoms with Crippen molar-refractivity contribution < 1.29 is 9.59 Å². The SMILES string of the molecule is CCCNC(=O)c1ccc(NC(N)=O)cc1. The molecule has 0 aliphatic heterocycles. The number of nitrogens with two attached hydrogens (primary N) is 1. The van der Waals surface area contributed by atoms with Crippen LogP contribution in [0.25, 0.3) is 0 Å². The summed E-state index contributed by atoms with van der Waals surface area (Å²) in [5.74, 6) is -0.118. The molecule has 0 fully saturated rings. The fraction of sp³-hybridized carbons (Fsp3) is 0.273. The molecule has 0 saturated carbocycles. The first-order valence-electron chi connectivity index (χ1n) is 5.08. The van der Waals surface area contributed by atoms with Crippen LogP contribution in [0, 0.1) is 0 Å². The highest BCUT2D eigenvalue weighted by molar-refractivity contribution is 5.95. The van der Waals surface area contributed by atoms with Gasteiger partial charge in [-0.05, 0) is 30.7 Å². The van der Waals surface area contributed by atoms with Gasteiger partial charge in [0.15, 0.2) is 0 Å². The first kappa shape index (κ1) is 12.0. The van der Waals surface area contributed by atoms with Crippen molar-refractivity contribution in [3.8, 4) is 0 Å². The van der Waals surface area contributed by atoms with E-state index in [1.807, 2.05) is 6.92 Å². The van der Waals surface area contributed by atoms with Crippen molar-refractivity contribution in [2.45, 2.75) is 13.3 Å². The Balaban J connectivity index is 2.63. The quantitative estimate of drug-likeness (QED) is 0.716. The average molecular weight is 221 g/mol. The van der Waals surface area contributed by atoms with Crippen LogP contribution in [0.15, 0.2) is 24.3 Å². The van der Waals surface area contributed by atoms with E-state index in [0.717, 1.165) is 6.42 Å². The number of urea groups is 1. The highest BCUT2D eigenvalue weighted by Crippen LogP contribution is 2.08.